The van der Waals surface area contributed by atoms with Crippen molar-refractivity contribution >= 4 is 11.6 Å². The highest BCUT2D eigenvalue weighted by Crippen LogP contribution is 2.20. The van der Waals surface area contributed by atoms with Crippen molar-refractivity contribution in [3.05, 3.63) is 66.6 Å². The lowest BCUT2D eigenvalue weighted by atomic mass is 10.1. The van der Waals surface area contributed by atoms with Crippen molar-refractivity contribution in [1.29, 1.82) is 0 Å². The number of anilines is 2. The lowest BCUT2D eigenvalue weighted by molar-refractivity contribution is 0.191. The zero-order valence-corrected chi connectivity index (χ0v) is 14.3. The van der Waals surface area contributed by atoms with Crippen LogP contribution in [-0.2, 0) is 0 Å². The number of aliphatic hydroxyl groups excluding tert-OH is 1. The van der Waals surface area contributed by atoms with Gasteiger partial charge in [0.25, 0.3) is 0 Å². The standard InChI is InChI=1S/C19H21N5O/c1-24(2)19-9-8-15(11-21-19)16-10-18(23-13-22-16)20-12-17(25)14-6-4-3-5-7-14/h3-11,13,17,25H,12H2,1-2H3,(H,20,22,23)/t17-/m0/s1. The Morgan fingerprint density at radius 3 is 2.52 bits per heavy atom. The van der Waals surface area contributed by atoms with Gasteiger partial charge in [0.05, 0.1) is 11.8 Å². The molecule has 2 aromatic heterocycles. The average Bonchev–Trinajstić information content (AvgIpc) is 2.67. The Kier molecular flexibility index (Phi) is 5.20. The number of rotatable bonds is 6. The number of nitrogens with zero attached hydrogens (tertiary/aromatic N) is 4. The van der Waals surface area contributed by atoms with E-state index in [4.69, 9.17) is 0 Å². The maximum absolute atomic E-state index is 10.2. The fraction of sp³-hybridized carbons (Fsp3) is 0.211. The summed E-state index contributed by atoms with van der Waals surface area (Å²) < 4.78 is 0. The van der Waals surface area contributed by atoms with Crippen LogP contribution >= 0.6 is 0 Å². The second-order valence-electron chi connectivity index (χ2n) is 5.90. The second-order valence-corrected chi connectivity index (χ2v) is 5.90. The van der Waals surface area contributed by atoms with Gasteiger partial charge >= 0.3 is 0 Å². The van der Waals surface area contributed by atoms with Crippen LogP contribution in [0.2, 0.25) is 0 Å². The number of hydrogen-bond acceptors (Lipinski definition) is 6. The molecule has 3 aromatic rings. The molecule has 25 heavy (non-hydrogen) atoms. The molecule has 0 aliphatic rings. The van der Waals surface area contributed by atoms with Crippen molar-refractivity contribution in [2.75, 3.05) is 30.9 Å². The molecule has 0 aliphatic carbocycles. The molecule has 0 saturated carbocycles. The van der Waals surface area contributed by atoms with E-state index in [0.29, 0.717) is 12.4 Å². The van der Waals surface area contributed by atoms with Gasteiger partial charge < -0.3 is 15.3 Å². The highest BCUT2D eigenvalue weighted by molar-refractivity contribution is 5.62. The van der Waals surface area contributed by atoms with E-state index in [9.17, 15) is 5.11 Å². The van der Waals surface area contributed by atoms with E-state index in [1.54, 1.807) is 6.20 Å². The van der Waals surface area contributed by atoms with Crippen LogP contribution < -0.4 is 10.2 Å². The Morgan fingerprint density at radius 2 is 1.84 bits per heavy atom. The summed E-state index contributed by atoms with van der Waals surface area (Å²) >= 11 is 0. The Hall–Kier alpha value is -2.99. The Labute approximate surface area is 147 Å². The van der Waals surface area contributed by atoms with E-state index in [-0.39, 0.29) is 0 Å². The Bertz CT molecular complexity index is 806. The molecule has 2 N–H and O–H groups in total. The maximum atomic E-state index is 10.2. The van der Waals surface area contributed by atoms with Gasteiger partial charge in [0, 0.05) is 38.5 Å². The average molecular weight is 335 g/mol. The summed E-state index contributed by atoms with van der Waals surface area (Å²) in [5.41, 5.74) is 2.57. The van der Waals surface area contributed by atoms with Crippen molar-refractivity contribution in [3.8, 4) is 11.3 Å². The smallest absolute Gasteiger partial charge is 0.130 e. The van der Waals surface area contributed by atoms with E-state index in [2.05, 4.69) is 20.3 Å². The summed E-state index contributed by atoms with van der Waals surface area (Å²) in [5.74, 6) is 1.55. The van der Waals surface area contributed by atoms with E-state index >= 15 is 0 Å². The number of hydrogen-bond donors (Lipinski definition) is 2. The summed E-state index contributed by atoms with van der Waals surface area (Å²) in [5, 5.41) is 13.4. The molecule has 1 atom stereocenters. The highest BCUT2D eigenvalue weighted by atomic mass is 16.3. The van der Waals surface area contributed by atoms with Gasteiger partial charge in [0.2, 0.25) is 0 Å². The first kappa shape index (κ1) is 16.9. The first-order valence-corrected chi connectivity index (χ1v) is 8.06. The minimum Gasteiger partial charge on any atom is -0.387 e. The molecular weight excluding hydrogens is 314 g/mol. The molecule has 0 fully saturated rings. The third-order valence-electron chi connectivity index (χ3n) is 3.83. The van der Waals surface area contributed by atoms with Gasteiger partial charge in [0.1, 0.15) is 18.0 Å². The van der Waals surface area contributed by atoms with Gasteiger partial charge in [-0.05, 0) is 17.7 Å². The first-order valence-electron chi connectivity index (χ1n) is 8.06. The van der Waals surface area contributed by atoms with Crippen LogP contribution in [0.3, 0.4) is 0 Å². The lowest BCUT2D eigenvalue weighted by Gasteiger charge is -2.13. The molecule has 0 unspecified atom stereocenters. The largest absolute Gasteiger partial charge is 0.387 e. The number of aliphatic hydroxyl groups is 1. The third kappa shape index (κ3) is 4.30. The summed E-state index contributed by atoms with van der Waals surface area (Å²) in [6.45, 7) is 0.373. The van der Waals surface area contributed by atoms with E-state index in [1.807, 2.05) is 67.5 Å². The molecule has 0 spiro atoms. The van der Waals surface area contributed by atoms with Gasteiger partial charge in [-0.3, -0.25) is 0 Å². The van der Waals surface area contributed by atoms with E-state index < -0.39 is 6.10 Å². The van der Waals surface area contributed by atoms with Crippen molar-refractivity contribution in [2.45, 2.75) is 6.10 Å². The van der Waals surface area contributed by atoms with Crippen molar-refractivity contribution in [3.63, 3.8) is 0 Å². The van der Waals surface area contributed by atoms with Gasteiger partial charge in [0.15, 0.2) is 0 Å². The van der Waals surface area contributed by atoms with Gasteiger partial charge in [-0.2, -0.15) is 0 Å². The van der Waals surface area contributed by atoms with Crippen molar-refractivity contribution < 1.29 is 5.11 Å². The molecule has 0 radical (unpaired) electrons. The molecule has 0 saturated heterocycles. The van der Waals surface area contributed by atoms with Gasteiger partial charge in [-0.25, -0.2) is 15.0 Å². The van der Waals surface area contributed by atoms with Gasteiger partial charge in [-0.15, -0.1) is 0 Å². The Morgan fingerprint density at radius 1 is 1.04 bits per heavy atom. The number of benzene rings is 1. The third-order valence-corrected chi connectivity index (χ3v) is 3.83. The molecular formula is C19H21N5O. The van der Waals surface area contributed by atoms with Crippen LogP contribution in [0.15, 0.2) is 61.1 Å². The predicted octanol–water partition coefficient (Wildman–Crippen LogP) is 2.75. The topological polar surface area (TPSA) is 74.2 Å². The Balaban J connectivity index is 1.69. The van der Waals surface area contributed by atoms with Crippen molar-refractivity contribution in [1.82, 2.24) is 15.0 Å². The summed E-state index contributed by atoms with van der Waals surface area (Å²) in [6, 6.07) is 15.3. The van der Waals surface area contributed by atoms with E-state index in [0.717, 1.165) is 22.6 Å². The minimum atomic E-state index is -0.597. The monoisotopic (exact) mass is 335 g/mol. The summed E-state index contributed by atoms with van der Waals surface area (Å²) in [6.07, 6.45) is 2.70. The van der Waals surface area contributed by atoms with Gasteiger partial charge in [-0.1, -0.05) is 30.3 Å². The fourth-order valence-corrected chi connectivity index (χ4v) is 2.41. The quantitative estimate of drug-likeness (QED) is 0.721. The molecule has 3 rings (SSSR count). The molecule has 6 heteroatoms. The molecule has 6 nitrogen and oxygen atoms in total. The first-order chi connectivity index (χ1) is 12.1. The van der Waals surface area contributed by atoms with Crippen LogP contribution in [0.1, 0.15) is 11.7 Å². The maximum Gasteiger partial charge on any atom is 0.130 e. The number of pyridine rings is 1. The van der Waals surface area contributed by atoms with E-state index in [1.165, 1.54) is 6.33 Å². The fourth-order valence-electron chi connectivity index (χ4n) is 2.41. The molecule has 0 aliphatic heterocycles. The van der Waals surface area contributed by atoms with Crippen LogP contribution in [0.5, 0.6) is 0 Å². The summed E-state index contributed by atoms with van der Waals surface area (Å²) in [4.78, 5) is 14.9. The van der Waals surface area contributed by atoms with Crippen LogP contribution in [0, 0.1) is 0 Å². The van der Waals surface area contributed by atoms with Crippen LogP contribution in [0.4, 0.5) is 11.6 Å². The predicted molar refractivity (Wildman–Crippen MR) is 99.5 cm³/mol. The normalized spacial score (nSPS) is 11.8. The lowest BCUT2D eigenvalue weighted by Crippen LogP contribution is -2.13. The molecule has 128 valence electrons. The molecule has 0 bridgehead atoms. The highest BCUT2D eigenvalue weighted by Gasteiger charge is 2.08. The second kappa shape index (κ2) is 7.72. The van der Waals surface area contributed by atoms with Crippen molar-refractivity contribution in [2.24, 2.45) is 0 Å². The summed E-state index contributed by atoms with van der Waals surface area (Å²) in [7, 11) is 3.90. The molecule has 1 aromatic carbocycles. The van der Waals surface area contributed by atoms with Crippen LogP contribution in [-0.4, -0.2) is 40.7 Å². The number of aromatic nitrogens is 3. The minimum absolute atomic E-state index is 0.373. The van der Waals surface area contributed by atoms with Crippen LogP contribution in [0.25, 0.3) is 11.3 Å². The molecule has 0 amide bonds. The molecule has 2 heterocycles. The zero-order chi connectivity index (χ0) is 17.6. The zero-order valence-electron chi connectivity index (χ0n) is 14.3. The SMILES string of the molecule is CN(C)c1ccc(-c2cc(NC[C@H](O)c3ccccc3)ncn2)cn1. The number of nitrogens with one attached hydrogen (secondary N) is 1.